The normalized spacial score (nSPS) is 23.1. The molecule has 1 aliphatic heterocycles. The van der Waals surface area contributed by atoms with Crippen molar-refractivity contribution < 1.29 is 9.47 Å². The molecular weight excluding hydrogens is 240 g/mol. The van der Waals surface area contributed by atoms with Gasteiger partial charge in [0.25, 0.3) is 0 Å². The van der Waals surface area contributed by atoms with Crippen LogP contribution in [0.1, 0.15) is 11.1 Å². The van der Waals surface area contributed by atoms with Crippen molar-refractivity contribution in [1.29, 1.82) is 0 Å². The summed E-state index contributed by atoms with van der Waals surface area (Å²) in [6.45, 7) is 4.77. The number of nitrogens with zero attached hydrogens (tertiary/aromatic N) is 1. The van der Waals surface area contributed by atoms with Crippen molar-refractivity contribution in [3.8, 4) is 0 Å². The second-order valence-electron chi connectivity index (χ2n) is 5.12. The lowest BCUT2D eigenvalue weighted by atomic mass is 10.1. The van der Waals surface area contributed by atoms with Crippen LogP contribution in [0.15, 0.2) is 18.2 Å². The molecule has 0 amide bonds. The third-order valence-corrected chi connectivity index (χ3v) is 3.76. The topological polar surface area (TPSA) is 33.7 Å². The Morgan fingerprint density at radius 1 is 1.21 bits per heavy atom. The Morgan fingerprint density at radius 3 is 2.37 bits per heavy atom. The zero-order chi connectivity index (χ0) is 13.8. The largest absolute Gasteiger partial charge is 0.377 e. The van der Waals surface area contributed by atoms with Crippen LogP contribution in [0, 0.1) is 6.92 Å². The van der Waals surface area contributed by atoms with E-state index in [9.17, 15) is 0 Å². The summed E-state index contributed by atoms with van der Waals surface area (Å²) in [6.07, 6.45) is 0.294. The van der Waals surface area contributed by atoms with Gasteiger partial charge in [-0.15, -0.1) is 0 Å². The number of nitrogens with one attached hydrogen (secondary N) is 1. The highest BCUT2D eigenvalue weighted by Crippen LogP contribution is 2.27. The number of ether oxygens (including phenoxy) is 2. The number of anilines is 1. The van der Waals surface area contributed by atoms with Crippen LogP contribution in [-0.4, -0.2) is 46.6 Å². The summed E-state index contributed by atoms with van der Waals surface area (Å²) in [6, 6.07) is 6.61. The molecular formula is C15H24N2O2. The number of hydrogen-bond donors (Lipinski definition) is 1. The van der Waals surface area contributed by atoms with Gasteiger partial charge >= 0.3 is 0 Å². The number of rotatable bonds is 5. The first-order chi connectivity index (χ1) is 9.19. The van der Waals surface area contributed by atoms with E-state index in [-0.39, 0.29) is 12.2 Å². The molecule has 106 valence electrons. The third kappa shape index (κ3) is 3.08. The minimum absolute atomic E-state index is 0.147. The highest BCUT2D eigenvalue weighted by atomic mass is 16.5. The fourth-order valence-electron chi connectivity index (χ4n) is 2.75. The maximum absolute atomic E-state index is 5.51. The number of aryl methyl sites for hydroxylation is 1. The standard InChI is InChI=1S/C15H24N2O2/c1-11-5-6-13(12(7-11)8-16-2)17-9-14(18-3)15(10-17)19-4/h5-7,14-16H,8-10H2,1-4H3. The van der Waals surface area contributed by atoms with E-state index in [0.29, 0.717) is 0 Å². The van der Waals surface area contributed by atoms with Gasteiger partial charge in [0.05, 0.1) is 0 Å². The molecule has 1 heterocycles. The smallest absolute Gasteiger partial charge is 0.102 e. The zero-order valence-corrected chi connectivity index (χ0v) is 12.3. The average Bonchev–Trinajstić information content (AvgIpc) is 2.82. The first kappa shape index (κ1) is 14.3. The minimum Gasteiger partial charge on any atom is -0.377 e. The molecule has 1 fully saturated rings. The summed E-state index contributed by atoms with van der Waals surface area (Å²) >= 11 is 0. The monoisotopic (exact) mass is 264 g/mol. The number of hydrogen-bond acceptors (Lipinski definition) is 4. The van der Waals surface area contributed by atoms with Crippen LogP contribution in [0.2, 0.25) is 0 Å². The van der Waals surface area contributed by atoms with E-state index in [2.05, 4.69) is 35.3 Å². The van der Waals surface area contributed by atoms with Crippen molar-refractivity contribution in [3.05, 3.63) is 29.3 Å². The molecule has 2 rings (SSSR count). The first-order valence-electron chi connectivity index (χ1n) is 6.74. The van der Waals surface area contributed by atoms with E-state index in [1.807, 2.05) is 7.05 Å². The lowest BCUT2D eigenvalue weighted by Gasteiger charge is -2.22. The van der Waals surface area contributed by atoms with Crippen molar-refractivity contribution >= 4 is 5.69 Å². The van der Waals surface area contributed by atoms with Gasteiger partial charge in [-0.3, -0.25) is 0 Å². The fraction of sp³-hybridized carbons (Fsp3) is 0.600. The van der Waals surface area contributed by atoms with Gasteiger partial charge in [0.2, 0.25) is 0 Å². The molecule has 4 heteroatoms. The Bertz CT molecular complexity index is 411. The van der Waals surface area contributed by atoms with Crippen molar-refractivity contribution in [2.24, 2.45) is 0 Å². The predicted molar refractivity (Wildman–Crippen MR) is 77.7 cm³/mol. The third-order valence-electron chi connectivity index (χ3n) is 3.76. The average molecular weight is 264 g/mol. The Kier molecular flexibility index (Phi) is 4.80. The van der Waals surface area contributed by atoms with Crippen LogP contribution >= 0.6 is 0 Å². The molecule has 1 aromatic rings. The van der Waals surface area contributed by atoms with Crippen molar-refractivity contribution in [2.75, 3.05) is 39.3 Å². The van der Waals surface area contributed by atoms with Crippen molar-refractivity contribution in [3.63, 3.8) is 0 Å². The summed E-state index contributed by atoms with van der Waals surface area (Å²) in [5.41, 5.74) is 3.90. The van der Waals surface area contributed by atoms with Crippen molar-refractivity contribution in [2.45, 2.75) is 25.7 Å². The number of benzene rings is 1. The summed E-state index contributed by atoms with van der Waals surface area (Å²) in [5, 5.41) is 3.24. The Labute approximate surface area is 115 Å². The molecule has 0 aromatic heterocycles. The van der Waals surface area contributed by atoms with Gasteiger partial charge in [0.1, 0.15) is 12.2 Å². The van der Waals surface area contributed by atoms with E-state index in [0.717, 1.165) is 19.6 Å². The van der Waals surface area contributed by atoms with Crippen LogP contribution < -0.4 is 10.2 Å². The molecule has 1 N–H and O–H groups in total. The molecule has 4 nitrogen and oxygen atoms in total. The zero-order valence-electron chi connectivity index (χ0n) is 12.3. The summed E-state index contributed by atoms with van der Waals surface area (Å²) in [5.74, 6) is 0. The van der Waals surface area contributed by atoms with Crippen LogP contribution in [0.5, 0.6) is 0 Å². The van der Waals surface area contributed by atoms with Crippen LogP contribution in [-0.2, 0) is 16.0 Å². The van der Waals surface area contributed by atoms with Gasteiger partial charge in [0, 0.05) is 39.5 Å². The van der Waals surface area contributed by atoms with Crippen LogP contribution in [0.3, 0.4) is 0 Å². The molecule has 2 unspecified atom stereocenters. The predicted octanol–water partition coefficient (Wildman–Crippen LogP) is 1.56. The molecule has 1 aliphatic rings. The van der Waals surface area contributed by atoms with Gasteiger partial charge in [-0.25, -0.2) is 0 Å². The fourth-order valence-corrected chi connectivity index (χ4v) is 2.75. The van der Waals surface area contributed by atoms with E-state index < -0.39 is 0 Å². The Morgan fingerprint density at radius 2 is 1.84 bits per heavy atom. The summed E-state index contributed by atoms with van der Waals surface area (Å²) in [4.78, 5) is 2.36. The van der Waals surface area contributed by atoms with Gasteiger partial charge < -0.3 is 19.7 Å². The van der Waals surface area contributed by atoms with Gasteiger partial charge in [-0.05, 0) is 25.6 Å². The van der Waals surface area contributed by atoms with E-state index in [1.54, 1.807) is 14.2 Å². The molecule has 1 aromatic carbocycles. The lowest BCUT2D eigenvalue weighted by molar-refractivity contribution is -0.00461. The molecule has 0 bridgehead atoms. The SMILES string of the molecule is CNCc1cc(C)ccc1N1CC(OC)C(OC)C1. The molecule has 19 heavy (non-hydrogen) atoms. The number of methoxy groups -OCH3 is 2. The van der Waals surface area contributed by atoms with E-state index in [1.165, 1.54) is 16.8 Å². The Hall–Kier alpha value is -1.10. The summed E-state index contributed by atoms with van der Waals surface area (Å²) in [7, 11) is 5.49. The quantitative estimate of drug-likeness (QED) is 0.875. The van der Waals surface area contributed by atoms with Gasteiger partial charge in [0.15, 0.2) is 0 Å². The van der Waals surface area contributed by atoms with Crippen LogP contribution in [0.4, 0.5) is 5.69 Å². The lowest BCUT2D eigenvalue weighted by Crippen LogP contribution is -2.27. The van der Waals surface area contributed by atoms with E-state index in [4.69, 9.17) is 9.47 Å². The van der Waals surface area contributed by atoms with Gasteiger partial charge in [-0.2, -0.15) is 0 Å². The minimum atomic E-state index is 0.147. The maximum atomic E-state index is 5.51. The molecule has 0 aliphatic carbocycles. The second-order valence-corrected chi connectivity index (χ2v) is 5.12. The van der Waals surface area contributed by atoms with E-state index >= 15 is 0 Å². The molecule has 1 saturated heterocycles. The Balaban J connectivity index is 2.22. The molecule has 0 saturated carbocycles. The second kappa shape index (κ2) is 6.37. The molecule has 0 spiro atoms. The van der Waals surface area contributed by atoms with Gasteiger partial charge in [-0.1, -0.05) is 17.7 Å². The molecule has 0 radical (unpaired) electrons. The highest BCUT2D eigenvalue weighted by molar-refractivity contribution is 5.56. The summed E-state index contributed by atoms with van der Waals surface area (Å²) < 4.78 is 11.0. The highest BCUT2D eigenvalue weighted by Gasteiger charge is 2.33. The maximum Gasteiger partial charge on any atom is 0.102 e. The van der Waals surface area contributed by atoms with Crippen molar-refractivity contribution in [1.82, 2.24) is 5.32 Å². The van der Waals surface area contributed by atoms with Crippen LogP contribution in [0.25, 0.3) is 0 Å². The first-order valence-corrected chi connectivity index (χ1v) is 6.74. The molecule has 2 atom stereocenters.